The first-order chi connectivity index (χ1) is 8.45. The van der Waals surface area contributed by atoms with E-state index in [9.17, 15) is 5.11 Å². The molecule has 3 N–H and O–H groups in total. The normalized spacial score (nSPS) is 15.1. The van der Waals surface area contributed by atoms with E-state index < -0.39 is 0 Å². The molecular weight excluding hydrogens is 244 g/mol. The number of nitrogens with zero attached hydrogens (tertiary/aromatic N) is 1. The van der Waals surface area contributed by atoms with Crippen molar-refractivity contribution in [2.75, 3.05) is 20.7 Å². The zero-order valence-corrected chi connectivity index (χ0v) is 12.4. The first-order valence-corrected chi connectivity index (χ1v) is 7.13. The number of benzene rings is 1. The van der Waals surface area contributed by atoms with Gasteiger partial charge in [0.15, 0.2) is 0 Å². The van der Waals surface area contributed by atoms with Crippen LogP contribution in [0.2, 0.25) is 0 Å². The highest BCUT2D eigenvalue weighted by molar-refractivity contribution is 7.99. The smallest absolute Gasteiger partial charge is 0.0601 e. The lowest BCUT2D eigenvalue weighted by atomic mass is 9.99. The van der Waals surface area contributed by atoms with Crippen molar-refractivity contribution >= 4 is 11.8 Å². The third kappa shape index (κ3) is 4.28. The second-order valence-corrected chi connectivity index (χ2v) is 6.64. The molecule has 0 aliphatic rings. The molecule has 0 aliphatic heterocycles. The van der Waals surface area contributed by atoms with E-state index in [-0.39, 0.29) is 18.7 Å². The molecular formula is C14H24N2OS. The van der Waals surface area contributed by atoms with Gasteiger partial charge in [0.25, 0.3) is 0 Å². The predicted octanol–water partition coefficient (Wildman–Crippen LogP) is 2.11. The molecule has 1 aromatic rings. The fraction of sp³-hybridized carbons (Fsp3) is 0.571. The largest absolute Gasteiger partial charge is 0.395 e. The van der Waals surface area contributed by atoms with Crippen molar-refractivity contribution in [3.63, 3.8) is 0 Å². The van der Waals surface area contributed by atoms with E-state index in [1.807, 2.05) is 30.8 Å². The zero-order valence-electron chi connectivity index (χ0n) is 11.6. The van der Waals surface area contributed by atoms with E-state index in [0.29, 0.717) is 5.25 Å². The van der Waals surface area contributed by atoms with Gasteiger partial charge in [-0.3, -0.25) is 0 Å². The van der Waals surface area contributed by atoms with Gasteiger partial charge in [0.05, 0.1) is 12.6 Å². The van der Waals surface area contributed by atoms with Gasteiger partial charge in [0, 0.05) is 16.2 Å². The number of thioether (sulfide) groups is 1. The lowest BCUT2D eigenvalue weighted by Gasteiger charge is -2.29. The molecule has 1 aromatic carbocycles. The fourth-order valence-corrected chi connectivity index (χ4v) is 2.88. The predicted molar refractivity (Wildman–Crippen MR) is 78.9 cm³/mol. The Morgan fingerprint density at radius 3 is 2.17 bits per heavy atom. The van der Waals surface area contributed by atoms with Gasteiger partial charge in [0.1, 0.15) is 0 Å². The maximum Gasteiger partial charge on any atom is 0.0601 e. The van der Waals surface area contributed by atoms with Crippen LogP contribution in [0, 0.1) is 0 Å². The van der Waals surface area contributed by atoms with Gasteiger partial charge in [-0.05, 0) is 31.8 Å². The minimum atomic E-state index is -0.261. The van der Waals surface area contributed by atoms with Gasteiger partial charge >= 0.3 is 0 Å². The number of aliphatic hydroxyl groups is 1. The number of nitrogens with two attached hydrogens (primary N) is 1. The summed E-state index contributed by atoms with van der Waals surface area (Å²) < 4.78 is 0. The highest BCUT2D eigenvalue weighted by atomic mass is 32.2. The topological polar surface area (TPSA) is 49.5 Å². The van der Waals surface area contributed by atoms with Gasteiger partial charge in [-0.2, -0.15) is 0 Å². The quantitative estimate of drug-likeness (QED) is 0.776. The van der Waals surface area contributed by atoms with Gasteiger partial charge in [-0.15, -0.1) is 11.8 Å². The minimum Gasteiger partial charge on any atom is -0.395 e. The molecule has 18 heavy (non-hydrogen) atoms. The maximum absolute atomic E-state index is 9.23. The van der Waals surface area contributed by atoms with Crippen LogP contribution in [0.25, 0.3) is 0 Å². The first-order valence-electron chi connectivity index (χ1n) is 6.25. The summed E-state index contributed by atoms with van der Waals surface area (Å²) in [5.74, 6) is 0. The summed E-state index contributed by atoms with van der Waals surface area (Å²) in [6, 6.07) is 8.24. The van der Waals surface area contributed by atoms with Crippen LogP contribution in [0.3, 0.4) is 0 Å². The Morgan fingerprint density at radius 2 is 1.78 bits per heavy atom. The molecule has 102 valence electrons. The second-order valence-electron chi connectivity index (χ2n) is 4.99. The maximum atomic E-state index is 9.23. The Kier molecular flexibility index (Phi) is 6.15. The molecule has 0 aromatic heterocycles. The summed E-state index contributed by atoms with van der Waals surface area (Å²) in [6.07, 6.45) is 0. The van der Waals surface area contributed by atoms with Crippen molar-refractivity contribution in [3.05, 3.63) is 29.8 Å². The van der Waals surface area contributed by atoms with E-state index in [1.165, 1.54) is 4.90 Å². The molecule has 2 atom stereocenters. The van der Waals surface area contributed by atoms with Crippen LogP contribution in [-0.2, 0) is 0 Å². The summed E-state index contributed by atoms with van der Waals surface area (Å²) in [6.45, 7) is 4.36. The van der Waals surface area contributed by atoms with Crippen LogP contribution in [0.1, 0.15) is 25.5 Å². The molecule has 2 unspecified atom stereocenters. The van der Waals surface area contributed by atoms with Crippen molar-refractivity contribution in [2.45, 2.75) is 36.1 Å². The van der Waals surface area contributed by atoms with Gasteiger partial charge in [-0.25, -0.2) is 0 Å². The Balaban J connectivity index is 2.87. The highest BCUT2D eigenvalue weighted by Gasteiger charge is 2.21. The molecule has 0 bridgehead atoms. The molecule has 0 aliphatic carbocycles. The average molecular weight is 268 g/mol. The number of hydrogen-bond acceptors (Lipinski definition) is 4. The third-order valence-corrected chi connectivity index (χ3v) is 3.78. The Labute approximate surface area is 114 Å². The van der Waals surface area contributed by atoms with Crippen LogP contribution >= 0.6 is 11.8 Å². The average Bonchev–Trinajstić information content (AvgIpc) is 2.30. The van der Waals surface area contributed by atoms with E-state index in [1.54, 1.807) is 0 Å². The van der Waals surface area contributed by atoms with Gasteiger partial charge < -0.3 is 15.7 Å². The number of likely N-dealkylation sites (N-methyl/N-ethyl adjacent to an activating group) is 1. The van der Waals surface area contributed by atoms with Crippen molar-refractivity contribution < 1.29 is 5.11 Å². The Hall–Kier alpha value is -0.550. The minimum absolute atomic E-state index is 0.00859. The number of hydrogen-bond donors (Lipinski definition) is 2. The number of rotatable bonds is 6. The molecule has 0 amide bonds. The van der Waals surface area contributed by atoms with Crippen molar-refractivity contribution in [1.29, 1.82) is 0 Å². The molecule has 3 nitrogen and oxygen atoms in total. The van der Waals surface area contributed by atoms with Crippen LogP contribution in [0.5, 0.6) is 0 Å². The van der Waals surface area contributed by atoms with E-state index in [2.05, 4.69) is 38.1 Å². The lowest BCUT2D eigenvalue weighted by Crippen LogP contribution is -2.39. The lowest BCUT2D eigenvalue weighted by molar-refractivity contribution is 0.181. The molecule has 0 saturated heterocycles. The summed E-state index contributed by atoms with van der Waals surface area (Å²) in [5.41, 5.74) is 7.12. The zero-order chi connectivity index (χ0) is 13.7. The van der Waals surface area contributed by atoms with Crippen LogP contribution in [0.4, 0.5) is 0 Å². The fourth-order valence-electron chi connectivity index (χ4n) is 2.04. The molecule has 0 saturated carbocycles. The molecule has 0 heterocycles. The number of aliphatic hydroxyl groups excluding tert-OH is 1. The van der Waals surface area contributed by atoms with Crippen LogP contribution in [0.15, 0.2) is 29.2 Å². The van der Waals surface area contributed by atoms with E-state index in [0.717, 1.165) is 5.56 Å². The monoisotopic (exact) mass is 268 g/mol. The summed E-state index contributed by atoms with van der Waals surface area (Å²) >= 11 is 1.85. The highest BCUT2D eigenvalue weighted by Crippen LogP contribution is 2.26. The standard InChI is InChI=1S/C14H24N2OS/c1-10(2)18-12-7-5-11(6-8-12)14(16(3)4)13(15)9-17/h5-8,10,13-14,17H,9,15H2,1-4H3. The third-order valence-electron chi connectivity index (χ3n) is 2.77. The molecule has 4 heteroatoms. The second kappa shape index (κ2) is 7.14. The van der Waals surface area contributed by atoms with Gasteiger partial charge in [-0.1, -0.05) is 26.0 Å². The van der Waals surface area contributed by atoms with E-state index >= 15 is 0 Å². The molecule has 0 fully saturated rings. The Morgan fingerprint density at radius 1 is 1.22 bits per heavy atom. The summed E-state index contributed by atoms with van der Waals surface area (Å²) in [5, 5.41) is 9.82. The van der Waals surface area contributed by atoms with Gasteiger partial charge in [0.2, 0.25) is 0 Å². The Bertz CT molecular complexity index is 351. The van der Waals surface area contributed by atoms with E-state index in [4.69, 9.17) is 5.73 Å². The molecule has 0 radical (unpaired) electrons. The van der Waals surface area contributed by atoms with Crippen molar-refractivity contribution in [2.24, 2.45) is 5.73 Å². The van der Waals surface area contributed by atoms with Crippen molar-refractivity contribution in [3.8, 4) is 0 Å². The molecule has 1 rings (SSSR count). The SMILES string of the molecule is CC(C)Sc1ccc(C(C(N)CO)N(C)C)cc1. The first kappa shape index (κ1) is 15.5. The summed E-state index contributed by atoms with van der Waals surface area (Å²) in [4.78, 5) is 3.31. The molecule has 0 spiro atoms. The summed E-state index contributed by atoms with van der Waals surface area (Å²) in [7, 11) is 3.97. The van der Waals surface area contributed by atoms with Crippen LogP contribution < -0.4 is 5.73 Å². The van der Waals surface area contributed by atoms with Crippen molar-refractivity contribution in [1.82, 2.24) is 4.90 Å². The van der Waals surface area contributed by atoms with Crippen LogP contribution in [-0.4, -0.2) is 42.0 Å².